The maximum atomic E-state index is 12.1. The number of aliphatic hydroxyl groups is 1. The third-order valence-corrected chi connectivity index (χ3v) is 3.46. The first kappa shape index (κ1) is 13.6. The van der Waals surface area contributed by atoms with Gasteiger partial charge in [-0.25, -0.2) is 4.79 Å². The molecule has 0 spiro atoms. The molecule has 2 saturated heterocycles. The molecule has 0 aromatic carbocycles. The second-order valence-corrected chi connectivity index (χ2v) is 6.32. The maximum Gasteiger partial charge on any atom is 0.410 e. The lowest BCUT2D eigenvalue weighted by Gasteiger charge is -2.28. The van der Waals surface area contributed by atoms with E-state index in [1.54, 1.807) is 4.90 Å². The van der Waals surface area contributed by atoms with E-state index in [2.05, 4.69) is 4.90 Å². The minimum absolute atomic E-state index is 0.231. The van der Waals surface area contributed by atoms with Crippen molar-refractivity contribution in [3.8, 4) is 0 Å². The average Bonchev–Trinajstić information content (AvgIpc) is 2.43. The molecule has 0 radical (unpaired) electrons. The van der Waals surface area contributed by atoms with Crippen LogP contribution in [0, 0.1) is 0 Å². The van der Waals surface area contributed by atoms with E-state index in [0.717, 1.165) is 32.5 Å². The van der Waals surface area contributed by atoms with E-state index in [4.69, 9.17) is 4.74 Å². The molecule has 2 aliphatic heterocycles. The number of ether oxygens (including phenoxy) is 1. The standard InChI is InChI=1S/C13H24N2O3/c1-13(2,3)18-12(17)15-6-4-5-14-9-11(16)7-10(14)8-15/h10-11,16H,4-9H2,1-3H3/t10-,11+/m0/s1. The normalized spacial score (nSPS) is 29.9. The van der Waals surface area contributed by atoms with Crippen LogP contribution in [-0.2, 0) is 4.74 Å². The van der Waals surface area contributed by atoms with Crippen molar-refractivity contribution in [2.24, 2.45) is 0 Å². The summed E-state index contributed by atoms with van der Waals surface area (Å²) in [5.74, 6) is 0. The number of aliphatic hydroxyl groups excluding tert-OH is 1. The van der Waals surface area contributed by atoms with Gasteiger partial charge in [0.05, 0.1) is 6.10 Å². The molecule has 0 saturated carbocycles. The van der Waals surface area contributed by atoms with Crippen LogP contribution in [0.5, 0.6) is 0 Å². The van der Waals surface area contributed by atoms with Crippen LogP contribution in [0.15, 0.2) is 0 Å². The Kier molecular flexibility index (Phi) is 3.82. The molecule has 104 valence electrons. The second kappa shape index (κ2) is 5.05. The summed E-state index contributed by atoms with van der Waals surface area (Å²) in [4.78, 5) is 16.1. The zero-order valence-electron chi connectivity index (χ0n) is 11.6. The minimum Gasteiger partial charge on any atom is -0.444 e. The summed E-state index contributed by atoms with van der Waals surface area (Å²) >= 11 is 0. The molecule has 18 heavy (non-hydrogen) atoms. The molecule has 5 nitrogen and oxygen atoms in total. The van der Waals surface area contributed by atoms with Gasteiger partial charge in [-0.15, -0.1) is 0 Å². The Balaban J connectivity index is 1.96. The first-order valence-corrected chi connectivity index (χ1v) is 6.75. The summed E-state index contributed by atoms with van der Waals surface area (Å²) in [6.45, 7) is 8.77. The van der Waals surface area contributed by atoms with E-state index < -0.39 is 5.60 Å². The van der Waals surface area contributed by atoms with Gasteiger partial charge in [-0.1, -0.05) is 0 Å². The largest absolute Gasteiger partial charge is 0.444 e. The summed E-state index contributed by atoms with van der Waals surface area (Å²) in [7, 11) is 0. The Hall–Kier alpha value is -0.810. The van der Waals surface area contributed by atoms with Crippen LogP contribution < -0.4 is 0 Å². The number of hydrogen-bond donors (Lipinski definition) is 1. The average molecular weight is 256 g/mol. The Bertz CT molecular complexity index is 314. The zero-order valence-corrected chi connectivity index (χ0v) is 11.6. The Morgan fingerprint density at radius 3 is 2.67 bits per heavy atom. The fraction of sp³-hybridized carbons (Fsp3) is 0.923. The van der Waals surface area contributed by atoms with E-state index in [1.807, 2.05) is 20.8 Å². The molecule has 0 aromatic heterocycles. The first-order valence-electron chi connectivity index (χ1n) is 6.75. The highest BCUT2D eigenvalue weighted by atomic mass is 16.6. The summed E-state index contributed by atoms with van der Waals surface area (Å²) in [6.07, 6.45) is 1.24. The predicted molar refractivity (Wildman–Crippen MR) is 68.4 cm³/mol. The van der Waals surface area contributed by atoms with Gasteiger partial charge in [0.2, 0.25) is 0 Å². The predicted octanol–water partition coefficient (Wildman–Crippen LogP) is 1.06. The van der Waals surface area contributed by atoms with Crippen LogP contribution in [0.2, 0.25) is 0 Å². The van der Waals surface area contributed by atoms with Crippen molar-refractivity contribution in [3.05, 3.63) is 0 Å². The Morgan fingerprint density at radius 1 is 1.28 bits per heavy atom. The second-order valence-electron chi connectivity index (χ2n) is 6.32. The number of hydrogen-bond acceptors (Lipinski definition) is 4. The fourth-order valence-corrected chi connectivity index (χ4v) is 2.72. The summed E-state index contributed by atoms with van der Waals surface area (Å²) in [5.41, 5.74) is -0.446. The molecule has 2 heterocycles. The van der Waals surface area contributed by atoms with E-state index in [9.17, 15) is 9.90 Å². The molecule has 1 amide bonds. The summed E-state index contributed by atoms with van der Waals surface area (Å²) < 4.78 is 5.41. The highest BCUT2D eigenvalue weighted by molar-refractivity contribution is 5.68. The topological polar surface area (TPSA) is 53.0 Å². The van der Waals surface area contributed by atoms with Crippen LogP contribution in [-0.4, -0.2) is 64.9 Å². The highest BCUT2D eigenvalue weighted by Crippen LogP contribution is 2.22. The van der Waals surface area contributed by atoms with Crippen molar-refractivity contribution < 1.29 is 14.6 Å². The molecule has 0 unspecified atom stereocenters. The molecule has 0 aliphatic carbocycles. The van der Waals surface area contributed by atoms with E-state index in [-0.39, 0.29) is 18.2 Å². The van der Waals surface area contributed by atoms with Gasteiger partial charge in [-0.05, 0) is 33.6 Å². The van der Waals surface area contributed by atoms with Gasteiger partial charge in [0.15, 0.2) is 0 Å². The van der Waals surface area contributed by atoms with Gasteiger partial charge in [0.1, 0.15) is 5.60 Å². The zero-order chi connectivity index (χ0) is 13.3. The SMILES string of the molecule is CC(C)(C)OC(=O)N1CCCN2C[C@H](O)C[C@H]2C1. The number of amides is 1. The van der Waals surface area contributed by atoms with Crippen molar-refractivity contribution in [1.82, 2.24) is 9.80 Å². The smallest absolute Gasteiger partial charge is 0.410 e. The third-order valence-electron chi connectivity index (χ3n) is 3.46. The van der Waals surface area contributed by atoms with Crippen molar-refractivity contribution in [2.75, 3.05) is 26.2 Å². The summed E-state index contributed by atoms with van der Waals surface area (Å²) in [6, 6.07) is 0.287. The van der Waals surface area contributed by atoms with Gasteiger partial charge >= 0.3 is 6.09 Å². The van der Waals surface area contributed by atoms with Crippen molar-refractivity contribution in [1.29, 1.82) is 0 Å². The molecule has 0 aromatic rings. The van der Waals surface area contributed by atoms with E-state index in [1.165, 1.54) is 0 Å². The number of carbonyl (C=O) groups is 1. The molecule has 0 bridgehead atoms. The maximum absolute atomic E-state index is 12.1. The summed E-state index contributed by atoms with van der Waals surface area (Å²) in [5, 5.41) is 9.69. The van der Waals surface area contributed by atoms with Crippen molar-refractivity contribution >= 4 is 6.09 Å². The number of nitrogens with zero attached hydrogens (tertiary/aromatic N) is 2. The molecule has 2 aliphatic rings. The van der Waals surface area contributed by atoms with Crippen LogP contribution in [0.3, 0.4) is 0 Å². The lowest BCUT2D eigenvalue weighted by Crippen LogP contribution is -2.42. The van der Waals surface area contributed by atoms with Gasteiger partial charge in [-0.2, -0.15) is 0 Å². The minimum atomic E-state index is -0.446. The van der Waals surface area contributed by atoms with Crippen LogP contribution >= 0.6 is 0 Å². The van der Waals surface area contributed by atoms with Crippen LogP contribution in [0.25, 0.3) is 0 Å². The Labute approximate surface area is 109 Å². The lowest BCUT2D eigenvalue weighted by molar-refractivity contribution is 0.0237. The number of rotatable bonds is 0. The molecule has 2 rings (SSSR count). The van der Waals surface area contributed by atoms with Gasteiger partial charge in [-0.3, -0.25) is 4.90 Å². The number of carbonyl (C=O) groups excluding carboxylic acids is 1. The quantitative estimate of drug-likeness (QED) is 0.704. The van der Waals surface area contributed by atoms with Crippen molar-refractivity contribution in [2.45, 2.75) is 51.4 Å². The molecule has 2 atom stereocenters. The molecule has 5 heteroatoms. The van der Waals surface area contributed by atoms with Crippen LogP contribution in [0.1, 0.15) is 33.6 Å². The fourth-order valence-electron chi connectivity index (χ4n) is 2.72. The number of fused-ring (bicyclic) bond motifs is 1. The van der Waals surface area contributed by atoms with Gasteiger partial charge in [0, 0.05) is 32.2 Å². The monoisotopic (exact) mass is 256 g/mol. The Morgan fingerprint density at radius 2 is 2.00 bits per heavy atom. The first-order chi connectivity index (χ1) is 8.35. The van der Waals surface area contributed by atoms with E-state index >= 15 is 0 Å². The van der Waals surface area contributed by atoms with Crippen molar-refractivity contribution in [3.63, 3.8) is 0 Å². The molecular formula is C13H24N2O3. The molecule has 1 N–H and O–H groups in total. The highest BCUT2D eigenvalue weighted by Gasteiger charge is 2.35. The third kappa shape index (κ3) is 3.36. The van der Waals surface area contributed by atoms with E-state index in [0.29, 0.717) is 6.54 Å². The molecule has 2 fully saturated rings. The van der Waals surface area contributed by atoms with Crippen LogP contribution in [0.4, 0.5) is 4.79 Å². The van der Waals surface area contributed by atoms with Gasteiger partial charge in [0.25, 0.3) is 0 Å². The van der Waals surface area contributed by atoms with Gasteiger partial charge < -0.3 is 14.7 Å². The lowest BCUT2D eigenvalue weighted by atomic mass is 10.2. The molecular weight excluding hydrogens is 232 g/mol.